The predicted molar refractivity (Wildman–Crippen MR) is 160 cm³/mol. The lowest BCUT2D eigenvalue weighted by molar-refractivity contribution is 0.0776. The molecule has 228 valence electrons. The van der Waals surface area contributed by atoms with E-state index in [2.05, 4.69) is 26.7 Å². The first-order valence-corrected chi connectivity index (χ1v) is 15.7. The molecule has 43 heavy (non-hydrogen) atoms. The maximum atomic E-state index is 16.3. The number of halogens is 1. The lowest BCUT2D eigenvalue weighted by Crippen LogP contribution is -2.56. The van der Waals surface area contributed by atoms with Crippen molar-refractivity contribution in [3.8, 4) is 23.0 Å². The SMILES string of the molecule is CCCCOC(=O)N1C2CCC1CN(c1nc(OCC34CCCN3CCC4)nc3c(F)c(-c4cccc(O)c4)ncc13)C2. The zero-order valence-electron chi connectivity index (χ0n) is 24.7. The van der Waals surface area contributed by atoms with Crippen LogP contribution in [-0.4, -0.2) is 93.0 Å². The van der Waals surface area contributed by atoms with Gasteiger partial charge in [0.2, 0.25) is 0 Å². The number of pyridine rings is 1. The predicted octanol–water partition coefficient (Wildman–Crippen LogP) is 5.13. The monoisotopic (exact) mass is 590 g/mol. The minimum absolute atomic E-state index is 0.00906. The highest BCUT2D eigenvalue weighted by Gasteiger charge is 2.46. The van der Waals surface area contributed by atoms with Gasteiger partial charge in [-0.3, -0.25) is 14.8 Å². The molecule has 6 heterocycles. The number of fused-ring (bicyclic) bond motifs is 4. The molecule has 7 rings (SSSR count). The molecule has 0 aliphatic carbocycles. The molecule has 0 saturated carbocycles. The molecule has 2 unspecified atom stereocenters. The molecular weight excluding hydrogens is 551 g/mol. The van der Waals surface area contributed by atoms with Crippen LogP contribution >= 0.6 is 0 Å². The molecule has 0 radical (unpaired) electrons. The molecule has 10 nitrogen and oxygen atoms in total. The van der Waals surface area contributed by atoms with E-state index in [-0.39, 0.29) is 46.7 Å². The van der Waals surface area contributed by atoms with Gasteiger partial charge in [0.15, 0.2) is 5.82 Å². The number of nitrogens with zero attached hydrogens (tertiary/aromatic N) is 6. The number of piperazine rings is 1. The van der Waals surface area contributed by atoms with Crippen LogP contribution in [0.2, 0.25) is 0 Å². The average molecular weight is 591 g/mol. The molecule has 4 aliphatic rings. The summed E-state index contributed by atoms with van der Waals surface area (Å²) < 4.78 is 28.2. The van der Waals surface area contributed by atoms with Crippen LogP contribution in [0.1, 0.15) is 58.3 Å². The van der Waals surface area contributed by atoms with Crippen molar-refractivity contribution in [3.05, 3.63) is 36.3 Å². The van der Waals surface area contributed by atoms with E-state index in [0.29, 0.717) is 43.1 Å². The van der Waals surface area contributed by atoms with Crippen molar-refractivity contribution < 1.29 is 23.8 Å². The summed E-state index contributed by atoms with van der Waals surface area (Å²) in [6, 6.07) is 6.51. The summed E-state index contributed by atoms with van der Waals surface area (Å²) in [5, 5.41) is 10.5. The Morgan fingerprint density at radius 2 is 1.91 bits per heavy atom. The van der Waals surface area contributed by atoms with E-state index in [1.807, 2.05) is 4.90 Å². The Morgan fingerprint density at radius 3 is 2.63 bits per heavy atom. The van der Waals surface area contributed by atoms with Gasteiger partial charge in [0.1, 0.15) is 29.4 Å². The number of carbonyl (C=O) groups excluding carboxylic acids is 1. The van der Waals surface area contributed by atoms with Crippen molar-refractivity contribution in [2.45, 2.75) is 75.9 Å². The zero-order valence-corrected chi connectivity index (χ0v) is 24.7. The summed E-state index contributed by atoms with van der Waals surface area (Å²) >= 11 is 0. The molecule has 2 aromatic heterocycles. The first-order chi connectivity index (χ1) is 21.0. The van der Waals surface area contributed by atoms with E-state index in [1.54, 1.807) is 18.3 Å². The van der Waals surface area contributed by atoms with Gasteiger partial charge >= 0.3 is 12.1 Å². The standard InChI is InChI=1S/C32H39FN6O4/c1-2-3-15-42-31(41)39-22-9-10-23(39)19-37(18-22)29-25-17-34-27(21-7-4-8-24(40)16-21)26(33)28(25)35-30(36-29)43-20-32-11-5-13-38(32)14-6-12-32/h4,7-8,16-17,22-23,40H,2-3,5-6,9-15,18-20H2,1H3. The van der Waals surface area contributed by atoms with Crippen LogP contribution in [0, 0.1) is 5.82 Å². The molecule has 11 heteroatoms. The number of phenols is 1. The van der Waals surface area contributed by atoms with Gasteiger partial charge in [0.05, 0.1) is 29.6 Å². The summed E-state index contributed by atoms with van der Waals surface area (Å²) in [4.78, 5) is 33.4. The number of benzene rings is 1. The van der Waals surface area contributed by atoms with Crippen LogP contribution < -0.4 is 9.64 Å². The lowest BCUT2D eigenvalue weighted by Gasteiger charge is -2.41. The number of hydrogen-bond donors (Lipinski definition) is 1. The third-order valence-electron chi connectivity index (χ3n) is 9.76. The van der Waals surface area contributed by atoms with Crippen LogP contribution in [0.15, 0.2) is 30.5 Å². The summed E-state index contributed by atoms with van der Waals surface area (Å²) in [5.41, 5.74) is 0.691. The third-order valence-corrected chi connectivity index (χ3v) is 9.76. The average Bonchev–Trinajstić information content (AvgIpc) is 3.67. The van der Waals surface area contributed by atoms with E-state index in [9.17, 15) is 9.90 Å². The maximum Gasteiger partial charge on any atom is 0.410 e. The third kappa shape index (κ3) is 5.11. The largest absolute Gasteiger partial charge is 0.508 e. The Kier molecular flexibility index (Phi) is 7.44. The molecule has 4 saturated heterocycles. The quantitative estimate of drug-likeness (QED) is 0.358. The van der Waals surface area contributed by atoms with Crippen molar-refractivity contribution in [3.63, 3.8) is 0 Å². The van der Waals surface area contributed by atoms with Gasteiger partial charge in [-0.2, -0.15) is 9.97 Å². The van der Waals surface area contributed by atoms with Gasteiger partial charge in [-0.15, -0.1) is 0 Å². The van der Waals surface area contributed by atoms with Gasteiger partial charge < -0.3 is 19.5 Å². The highest BCUT2D eigenvalue weighted by atomic mass is 19.1. The Bertz CT molecular complexity index is 1500. The molecule has 2 bridgehead atoms. The second kappa shape index (κ2) is 11.4. The fraction of sp³-hybridized carbons (Fsp3) is 0.562. The molecule has 1 N–H and O–H groups in total. The molecule has 2 atom stereocenters. The van der Waals surface area contributed by atoms with Crippen molar-refractivity contribution in [2.24, 2.45) is 0 Å². The van der Waals surface area contributed by atoms with Gasteiger partial charge in [-0.05, 0) is 70.2 Å². The van der Waals surface area contributed by atoms with E-state index in [0.717, 1.165) is 64.5 Å². The normalized spacial score (nSPS) is 22.7. The van der Waals surface area contributed by atoms with Crippen molar-refractivity contribution in [1.29, 1.82) is 0 Å². The molecule has 1 amide bonds. The maximum absolute atomic E-state index is 16.3. The van der Waals surface area contributed by atoms with E-state index in [1.165, 1.54) is 12.1 Å². The van der Waals surface area contributed by atoms with E-state index in [4.69, 9.17) is 14.5 Å². The first kappa shape index (κ1) is 28.1. The molecule has 1 aromatic carbocycles. The fourth-order valence-corrected chi connectivity index (χ4v) is 7.59. The minimum atomic E-state index is -0.584. The van der Waals surface area contributed by atoms with Crippen LogP contribution in [0.4, 0.5) is 15.0 Å². The lowest BCUT2D eigenvalue weighted by atomic mass is 9.95. The van der Waals surface area contributed by atoms with Crippen molar-refractivity contribution >= 4 is 22.8 Å². The Labute approximate surface area is 250 Å². The van der Waals surface area contributed by atoms with Crippen LogP contribution in [0.25, 0.3) is 22.2 Å². The van der Waals surface area contributed by atoms with E-state index >= 15 is 4.39 Å². The first-order valence-electron chi connectivity index (χ1n) is 15.7. The Hall–Kier alpha value is -3.73. The number of aromatic hydroxyl groups is 1. The molecule has 0 spiro atoms. The molecular formula is C32H39FN6O4. The number of carbonyl (C=O) groups is 1. The number of aromatic nitrogens is 3. The van der Waals surface area contributed by atoms with Gasteiger partial charge in [-0.1, -0.05) is 25.5 Å². The summed E-state index contributed by atoms with van der Waals surface area (Å²) in [5.74, 6) is 0.0147. The Balaban J connectivity index is 1.23. The van der Waals surface area contributed by atoms with Gasteiger partial charge in [-0.25, -0.2) is 9.18 Å². The molecule has 4 fully saturated rings. The van der Waals surface area contributed by atoms with Crippen LogP contribution in [0.3, 0.4) is 0 Å². The van der Waals surface area contributed by atoms with Gasteiger partial charge in [0, 0.05) is 24.8 Å². The smallest absolute Gasteiger partial charge is 0.410 e. The fourth-order valence-electron chi connectivity index (χ4n) is 7.59. The number of phenolic OH excluding ortho intramolecular Hbond substituents is 1. The zero-order chi connectivity index (χ0) is 29.6. The van der Waals surface area contributed by atoms with Gasteiger partial charge in [0.25, 0.3) is 0 Å². The van der Waals surface area contributed by atoms with Crippen molar-refractivity contribution in [2.75, 3.05) is 44.3 Å². The molecule has 3 aromatic rings. The number of unbranched alkanes of at least 4 members (excludes halogenated alkanes) is 1. The Morgan fingerprint density at radius 1 is 1.14 bits per heavy atom. The number of hydrogen-bond acceptors (Lipinski definition) is 9. The minimum Gasteiger partial charge on any atom is -0.508 e. The number of anilines is 1. The summed E-state index contributed by atoms with van der Waals surface area (Å²) in [7, 11) is 0. The number of amides is 1. The second-order valence-corrected chi connectivity index (χ2v) is 12.4. The topological polar surface area (TPSA) is 104 Å². The molecule has 4 aliphatic heterocycles. The number of ether oxygens (including phenoxy) is 2. The second-order valence-electron chi connectivity index (χ2n) is 12.4. The van der Waals surface area contributed by atoms with Crippen LogP contribution in [-0.2, 0) is 4.74 Å². The van der Waals surface area contributed by atoms with E-state index < -0.39 is 5.82 Å². The highest BCUT2D eigenvalue weighted by molar-refractivity contribution is 5.92. The van der Waals surface area contributed by atoms with Crippen LogP contribution in [0.5, 0.6) is 11.8 Å². The summed E-state index contributed by atoms with van der Waals surface area (Å²) in [6.45, 7) is 6.23. The highest BCUT2D eigenvalue weighted by Crippen LogP contribution is 2.40. The number of rotatable bonds is 8. The van der Waals surface area contributed by atoms with Crippen molar-refractivity contribution in [1.82, 2.24) is 24.8 Å². The summed E-state index contributed by atoms with van der Waals surface area (Å²) in [6.07, 6.45) is 9.38.